The maximum absolute atomic E-state index is 12.6. The molecule has 3 rings (SSSR count). The van der Waals surface area contributed by atoms with Crippen LogP contribution >= 0.6 is 11.8 Å². The lowest BCUT2D eigenvalue weighted by molar-refractivity contribution is -0.115. The van der Waals surface area contributed by atoms with Gasteiger partial charge in [0.05, 0.1) is 10.9 Å². The molecule has 0 saturated heterocycles. The fourth-order valence-corrected chi connectivity index (χ4v) is 3.26. The van der Waals surface area contributed by atoms with Crippen molar-refractivity contribution in [3.8, 4) is 5.69 Å². The second kappa shape index (κ2) is 7.97. The van der Waals surface area contributed by atoms with Crippen LogP contribution in [0.4, 0.5) is 5.69 Å². The largest absolute Gasteiger partial charge is 0.324 e. The van der Waals surface area contributed by atoms with Crippen LogP contribution in [0.1, 0.15) is 24.2 Å². The standard InChI is InChI=1S/C19H18N4O2S/c1-13(24)16-10-6-7-11-17(16)21-18(25)14(2)26-19-22-20-12-23(19)15-8-4-3-5-9-15/h3-12,14H,1-2H3,(H,21,25). The summed E-state index contributed by atoms with van der Waals surface area (Å²) in [5.74, 6) is -0.295. The van der Waals surface area contributed by atoms with Gasteiger partial charge in [-0.3, -0.25) is 14.2 Å². The van der Waals surface area contributed by atoms with E-state index in [1.807, 2.05) is 34.9 Å². The molecular formula is C19H18N4O2S. The summed E-state index contributed by atoms with van der Waals surface area (Å²) in [6.07, 6.45) is 1.62. The van der Waals surface area contributed by atoms with Crippen LogP contribution < -0.4 is 5.32 Å². The highest BCUT2D eigenvalue weighted by Gasteiger charge is 2.20. The smallest absolute Gasteiger partial charge is 0.237 e. The molecule has 0 radical (unpaired) electrons. The summed E-state index contributed by atoms with van der Waals surface area (Å²) in [7, 11) is 0. The average molecular weight is 366 g/mol. The Morgan fingerprint density at radius 1 is 1.08 bits per heavy atom. The number of Topliss-reactive ketones (excluding diaryl/α,β-unsaturated/α-hetero) is 1. The lowest BCUT2D eigenvalue weighted by Crippen LogP contribution is -2.23. The molecule has 1 unspecified atom stereocenters. The van der Waals surface area contributed by atoms with Crippen molar-refractivity contribution >= 4 is 29.1 Å². The number of hydrogen-bond donors (Lipinski definition) is 1. The third kappa shape index (κ3) is 4.00. The first-order valence-corrected chi connectivity index (χ1v) is 8.97. The summed E-state index contributed by atoms with van der Waals surface area (Å²) in [4.78, 5) is 24.3. The average Bonchev–Trinajstić information content (AvgIpc) is 3.10. The molecule has 0 bridgehead atoms. The molecule has 0 saturated carbocycles. The van der Waals surface area contributed by atoms with E-state index >= 15 is 0 Å². The van der Waals surface area contributed by atoms with Crippen LogP contribution in [-0.4, -0.2) is 31.7 Å². The van der Waals surface area contributed by atoms with Gasteiger partial charge in [0.2, 0.25) is 5.91 Å². The minimum absolute atomic E-state index is 0.0926. The first kappa shape index (κ1) is 17.9. The molecule has 26 heavy (non-hydrogen) atoms. The minimum Gasteiger partial charge on any atom is -0.324 e. The quantitative estimate of drug-likeness (QED) is 0.533. The lowest BCUT2D eigenvalue weighted by Gasteiger charge is -2.14. The predicted octanol–water partition coefficient (Wildman–Crippen LogP) is 3.59. The van der Waals surface area contributed by atoms with Gasteiger partial charge in [0.25, 0.3) is 0 Å². The van der Waals surface area contributed by atoms with E-state index in [0.717, 1.165) is 5.69 Å². The van der Waals surface area contributed by atoms with E-state index in [-0.39, 0.29) is 11.7 Å². The minimum atomic E-state index is -0.415. The number of benzene rings is 2. The first-order valence-electron chi connectivity index (χ1n) is 8.09. The van der Waals surface area contributed by atoms with Crippen LogP contribution in [0.3, 0.4) is 0 Å². The Kier molecular flexibility index (Phi) is 5.48. The number of anilines is 1. The summed E-state index contributed by atoms with van der Waals surface area (Å²) in [6, 6.07) is 16.7. The molecule has 3 aromatic rings. The first-order chi connectivity index (χ1) is 12.6. The molecule has 0 aliphatic carbocycles. The van der Waals surface area contributed by atoms with Crippen molar-refractivity contribution in [3.05, 3.63) is 66.5 Å². The van der Waals surface area contributed by atoms with Gasteiger partial charge in [0.1, 0.15) is 6.33 Å². The van der Waals surface area contributed by atoms with Crippen LogP contribution in [0.5, 0.6) is 0 Å². The number of rotatable bonds is 6. The molecule has 2 aromatic carbocycles. The van der Waals surface area contributed by atoms with Gasteiger partial charge in [-0.2, -0.15) is 0 Å². The summed E-state index contributed by atoms with van der Waals surface area (Å²) < 4.78 is 1.83. The van der Waals surface area contributed by atoms with E-state index < -0.39 is 5.25 Å². The van der Waals surface area contributed by atoms with E-state index in [0.29, 0.717) is 16.4 Å². The van der Waals surface area contributed by atoms with E-state index in [1.165, 1.54) is 18.7 Å². The monoisotopic (exact) mass is 366 g/mol. The normalized spacial score (nSPS) is 11.8. The molecule has 132 valence electrons. The van der Waals surface area contributed by atoms with E-state index in [2.05, 4.69) is 15.5 Å². The fourth-order valence-electron chi connectivity index (χ4n) is 2.42. The Morgan fingerprint density at radius 2 is 1.77 bits per heavy atom. The highest BCUT2D eigenvalue weighted by Crippen LogP contribution is 2.25. The van der Waals surface area contributed by atoms with E-state index in [4.69, 9.17) is 0 Å². The fraction of sp³-hybridized carbons (Fsp3) is 0.158. The second-order valence-electron chi connectivity index (χ2n) is 5.67. The molecule has 0 aliphatic rings. The SMILES string of the molecule is CC(=O)c1ccccc1NC(=O)C(C)Sc1nncn1-c1ccccc1. The number of carbonyl (C=O) groups excluding carboxylic acids is 2. The van der Waals surface area contributed by atoms with Gasteiger partial charge in [-0.05, 0) is 38.1 Å². The number of aromatic nitrogens is 3. The highest BCUT2D eigenvalue weighted by molar-refractivity contribution is 8.00. The number of carbonyl (C=O) groups is 2. The molecule has 1 N–H and O–H groups in total. The highest BCUT2D eigenvalue weighted by atomic mass is 32.2. The van der Waals surface area contributed by atoms with Crippen molar-refractivity contribution in [3.63, 3.8) is 0 Å². The molecule has 6 nitrogen and oxygen atoms in total. The summed E-state index contributed by atoms with van der Waals surface area (Å²) in [6.45, 7) is 3.27. The van der Waals surface area contributed by atoms with Crippen LogP contribution in [-0.2, 0) is 4.79 Å². The number of thioether (sulfide) groups is 1. The number of amides is 1. The van der Waals surface area contributed by atoms with Gasteiger partial charge >= 0.3 is 0 Å². The van der Waals surface area contributed by atoms with Crippen molar-refractivity contribution in [2.45, 2.75) is 24.3 Å². The van der Waals surface area contributed by atoms with Gasteiger partial charge in [0, 0.05) is 11.3 Å². The Bertz CT molecular complexity index is 924. The van der Waals surface area contributed by atoms with Crippen molar-refractivity contribution in [1.82, 2.24) is 14.8 Å². The van der Waals surface area contributed by atoms with Crippen LogP contribution in [0.25, 0.3) is 5.69 Å². The van der Waals surface area contributed by atoms with Gasteiger partial charge < -0.3 is 5.32 Å². The van der Waals surface area contributed by atoms with Gasteiger partial charge in [-0.1, -0.05) is 42.1 Å². The van der Waals surface area contributed by atoms with Crippen molar-refractivity contribution < 1.29 is 9.59 Å². The Balaban J connectivity index is 1.74. The number of para-hydroxylation sites is 2. The molecule has 1 heterocycles. The number of nitrogens with one attached hydrogen (secondary N) is 1. The molecule has 0 fully saturated rings. The number of nitrogens with zero attached hydrogens (tertiary/aromatic N) is 3. The molecule has 1 amide bonds. The van der Waals surface area contributed by atoms with Crippen molar-refractivity contribution in [1.29, 1.82) is 0 Å². The third-order valence-electron chi connectivity index (χ3n) is 3.77. The second-order valence-corrected chi connectivity index (χ2v) is 6.98. The zero-order chi connectivity index (χ0) is 18.5. The maximum Gasteiger partial charge on any atom is 0.237 e. The topological polar surface area (TPSA) is 76.9 Å². The molecule has 0 spiro atoms. The molecule has 7 heteroatoms. The molecule has 0 aliphatic heterocycles. The Morgan fingerprint density at radius 3 is 2.50 bits per heavy atom. The van der Waals surface area contributed by atoms with Crippen LogP contribution in [0.15, 0.2) is 66.1 Å². The molecule has 1 aromatic heterocycles. The van der Waals surface area contributed by atoms with Crippen LogP contribution in [0, 0.1) is 0 Å². The van der Waals surface area contributed by atoms with Gasteiger partial charge in [-0.15, -0.1) is 10.2 Å². The Hall–Kier alpha value is -2.93. The Labute approximate surface area is 155 Å². The summed E-state index contributed by atoms with van der Waals surface area (Å²) in [5, 5.41) is 11.1. The van der Waals surface area contributed by atoms with E-state index in [1.54, 1.807) is 37.5 Å². The third-order valence-corrected chi connectivity index (χ3v) is 4.82. The number of ketones is 1. The number of hydrogen-bond acceptors (Lipinski definition) is 5. The van der Waals surface area contributed by atoms with Gasteiger partial charge in [-0.25, -0.2) is 0 Å². The van der Waals surface area contributed by atoms with Crippen LogP contribution in [0.2, 0.25) is 0 Å². The summed E-state index contributed by atoms with van der Waals surface area (Å²) >= 11 is 1.31. The van der Waals surface area contributed by atoms with Gasteiger partial charge in [0.15, 0.2) is 10.9 Å². The van der Waals surface area contributed by atoms with Crippen molar-refractivity contribution in [2.24, 2.45) is 0 Å². The predicted molar refractivity (Wildman–Crippen MR) is 102 cm³/mol. The van der Waals surface area contributed by atoms with E-state index in [9.17, 15) is 9.59 Å². The molecular weight excluding hydrogens is 348 g/mol. The lowest BCUT2D eigenvalue weighted by atomic mass is 10.1. The zero-order valence-corrected chi connectivity index (χ0v) is 15.2. The zero-order valence-electron chi connectivity index (χ0n) is 14.4. The maximum atomic E-state index is 12.6. The summed E-state index contributed by atoms with van der Waals surface area (Å²) in [5.41, 5.74) is 1.93. The molecule has 1 atom stereocenters. The van der Waals surface area contributed by atoms with Crippen molar-refractivity contribution in [2.75, 3.05) is 5.32 Å².